The number of amides is 1. The van der Waals surface area contributed by atoms with Crippen LogP contribution in [0.2, 0.25) is 0 Å². The zero-order chi connectivity index (χ0) is 14.3. The Morgan fingerprint density at radius 1 is 1.42 bits per heavy atom. The highest BCUT2D eigenvalue weighted by molar-refractivity contribution is 7.98. The van der Waals surface area contributed by atoms with E-state index in [0.29, 0.717) is 23.5 Å². The summed E-state index contributed by atoms with van der Waals surface area (Å²) < 4.78 is 5.08. The number of benzene rings is 1. The summed E-state index contributed by atoms with van der Waals surface area (Å²) in [7, 11) is 1.47. The summed E-state index contributed by atoms with van der Waals surface area (Å²) in [6.07, 6.45) is 2.28. The molecule has 0 fully saturated rings. The number of rotatable bonds is 7. The molecule has 5 nitrogen and oxygen atoms in total. The fourth-order valence-corrected chi connectivity index (χ4v) is 2.03. The van der Waals surface area contributed by atoms with Crippen molar-refractivity contribution in [3.05, 3.63) is 29.8 Å². The first-order valence-electron chi connectivity index (χ1n) is 5.75. The predicted molar refractivity (Wildman–Crippen MR) is 74.9 cm³/mol. The maximum absolute atomic E-state index is 12.0. The van der Waals surface area contributed by atoms with E-state index in [4.69, 9.17) is 9.84 Å². The molecule has 0 spiro atoms. The average Bonchev–Trinajstić information content (AvgIpc) is 2.42. The second kappa shape index (κ2) is 7.68. The number of hydrogen-bond acceptors (Lipinski definition) is 4. The summed E-state index contributed by atoms with van der Waals surface area (Å²) in [6, 6.07) is 5.83. The minimum Gasteiger partial charge on any atom is -0.496 e. The molecule has 0 unspecified atom stereocenters. The van der Waals surface area contributed by atoms with Crippen molar-refractivity contribution >= 4 is 23.6 Å². The topological polar surface area (TPSA) is 75.6 Å². The monoisotopic (exact) mass is 283 g/mol. The molecular formula is C13H17NO4S. The normalized spacial score (nSPS) is 11.7. The van der Waals surface area contributed by atoms with Crippen molar-refractivity contribution in [2.75, 3.05) is 19.1 Å². The Balaban J connectivity index is 2.78. The van der Waals surface area contributed by atoms with Gasteiger partial charge in [-0.3, -0.25) is 4.79 Å². The van der Waals surface area contributed by atoms with Crippen molar-refractivity contribution < 1.29 is 19.4 Å². The maximum Gasteiger partial charge on any atom is 0.326 e. The van der Waals surface area contributed by atoms with E-state index in [1.807, 2.05) is 6.26 Å². The first-order chi connectivity index (χ1) is 9.10. The fourth-order valence-electron chi connectivity index (χ4n) is 1.56. The van der Waals surface area contributed by atoms with Crippen molar-refractivity contribution in [3.8, 4) is 5.75 Å². The van der Waals surface area contributed by atoms with Gasteiger partial charge in [-0.2, -0.15) is 11.8 Å². The number of nitrogens with one attached hydrogen (secondary N) is 1. The van der Waals surface area contributed by atoms with E-state index in [2.05, 4.69) is 5.32 Å². The van der Waals surface area contributed by atoms with Crippen LogP contribution in [-0.4, -0.2) is 42.1 Å². The summed E-state index contributed by atoms with van der Waals surface area (Å²) >= 11 is 1.54. The largest absolute Gasteiger partial charge is 0.496 e. The molecule has 2 N–H and O–H groups in total. The van der Waals surface area contributed by atoms with Gasteiger partial charge < -0.3 is 15.2 Å². The molecule has 0 saturated carbocycles. The van der Waals surface area contributed by atoms with Crippen LogP contribution in [-0.2, 0) is 4.79 Å². The van der Waals surface area contributed by atoms with E-state index in [1.165, 1.54) is 18.9 Å². The van der Waals surface area contributed by atoms with Crippen LogP contribution in [0.4, 0.5) is 0 Å². The third kappa shape index (κ3) is 4.48. The van der Waals surface area contributed by atoms with Crippen molar-refractivity contribution in [3.63, 3.8) is 0 Å². The number of aliphatic carboxylic acids is 1. The van der Waals surface area contributed by atoms with Gasteiger partial charge in [0.1, 0.15) is 11.8 Å². The van der Waals surface area contributed by atoms with Crippen molar-refractivity contribution in [2.45, 2.75) is 12.5 Å². The van der Waals surface area contributed by atoms with Crippen LogP contribution >= 0.6 is 11.8 Å². The Bertz CT molecular complexity index is 450. The van der Waals surface area contributed by atoms with E-state index >= 15 is 0 Å². The van der Waals surface area contributed by atoms with Crippen LogP contribution < -0.4 is 10.1 Å². The van der Waals surface area contributed by atoms with Crippen LogP contribution in [0.3, 0.4) is 0 Å². The summed E-state index contributed by atoms with van der Waals surface area (Å²) in [6.45, 7) is 0. The van der Waals surface area contributed by atoms with Gasteiger partial charge in [0, 0.05) is 0 Å². The van der Waals surface area contributed by atoms with Crippen molar-refractivity contribution in [1.82, 2.24) is 5.32 Å². The Morgan fingerprint density at radius 2 is 2.11 bits per heavy atom. The van der Waals surface area contributed by atoms with Gasteiger partial charge in [-0.1, -0.05) is 12.1 Å². The van der Waals surface area contributed by atoms with Gasteiger partial charge in [-0.15, -0.1) is 0 Å². The van der Waals surface area contributed by atoms with E-state index in [1.54, 1.807) is 24.3 Å². The van der Waals surface area contributed by atoms with Gasteiger partial charge in [-0.25, -0.2) is 4.79 Å². The summed E-state index contributed by atoms with van der Waals surface area (Å²) in [4.78, 5) is 23.1. The number of ether oxygens (including phenoxy) is 1. The third-order valence-electron chi connectivity index (χ3n) is 2.57. The molecule has 0 radical (unpaired) electrons. The zero-order valence-corrected chi connectivity index (χ0v) is 11.7. The van der Waals surface area contributed by atoms with E-state index < -0.39 is 17.9 Å². The standard InChI is InChI=1S/C13H17NO4S/c1-18-11-6-4-3-5-9(11)12(15)14-10(13(16)17)7-8-19-2/h3-6,10H,7-8H2,1-2H3,(H,14,15)(H,16,17)/t10-/m0/s1. The van der Waals surface area contributed by atoms with Gasteiger partial charge in [0.2, 0.25) is 0 Å². The highest BCUT2D eigenvalue weighted by Crippen LogP contribution is 2.17. The lowest BCUT2D eigenvalue weighted by Crippen LogP contribution is -2.41. The lowest BCUT2D eigenvalue weighted by atomic mass is 10.1. The number of carboxylic acid groups (broad SMARTS) is 1. The Morgan fingerprint density at radius 3 is 2.68 bits per heavy atom. The molecule has 0 aliphatic rings. The zero-order valence-electron chi connectivity index (χ0n) is 10.9. The first kappa shape index (κ1) is 15.4. The lowest BCUT2D eigenvalue weighted by Gasteiger charge is -2.15. The van der Waals surface area contributed by atoms with Crippen molar-refractivity contribution in [2.24, 2.45) is 0 Å². The summed E-state index contributed by atoms with van der Waals surface area (Å²) in [5, 5.41) is 11.6. The molecule has 0 aliphatic heterocycles. The van der Waals surface area contributed by atoms with Crippen LogP contribution in [0.15, 0.2) is 24.3 Å². The molecule has 0 bridgehead atoms. The Labute approximate surface area is 116 Å². The average molecular weight is 283 g/mol. The third-order valence-corrected chi connectivity index (χ3v) is 3.21. The molecule has 0 saturated heterocycles. The van der Waals surface area contributed by atoms with Gasteiger partial charge in [0.25, 0.3) is 5.91 Å². The number of methoxy groups -OCH3 is 1. The van der Waals surface area contributed by atoms with Crippen LogP contribution in [0.1, 0.15) is 16.8 Å². The smallest absolute Gasteiger partial charge is 0.326 e. The first-order valence-corrected chi connectivity index (χ1v) is 7.15. The number of carboxylic acids is 1. The summed E-state index contributed by atoms with van der Waals surface area (Å²) in [5.74, 6) is -0.374. The van der Waals surface area contributed by atoms with Crippen molar-refractivity contribution in [1.29, 1.82) is 0 Å². The number of thioether (sulfide) groups is 1. The van der Waals surface area contributed by atoms with Gasteiger partial charge >= 0.3 is 5.97 Å². The minimum atomic E-state index is -1.03. The highest BCUT2D eigenvalue weighted by atomic mass is 32.2. The molecule has 0 heterocycles. The fraction of sp³-hybridized carbons (Fsp3) is 0.385. The van der Waals surface area contributed by atoms with E-state index in [9.17, 15) is 9.59 Å². The number of carbonyl (C=O) groups excluding carboxylic acids is 1. The molecule has 19 heavy (non-hydrogen) atoms. The molecule has 1 atom stereocenters. The number of para-hydroxylation sites is 1. The molecule has 1 rings (SSSR count). The number of hydrogen-bond donors (Lipinski definition) is 2. The molecular weight excluding hydrogens is 266 g/mol. The van der Waals surface area contributed by atoms with Crippen LogP contribution in [0.25, 0.3) is 0 Å². The Hall–Kier alpha value is -1.69. The van der Waals surface area contributed by atoms with Crippen LogP contribution in [0, 0.1) is 0 Å². The predicted octanol–water partition coefficient (Wildman–Crippen LogP) is 1.63. The molecule has 6 heteroatoms. The Kier molecular flexibility index (Phi) is 6.21. The molecule has 1 aromatic carbocycles. The van der Waals surface area contributed by atoms with E-state index in [-0.39, 0.29) is 0 Å². The molecule has 0 aliphatic carbocycles. The van der Waals surface area contributed by atoms with E-state index in [0.717, 1.165) is 0 Å². The molecule has 0 aromatic heterocycles. The molecule has 1 amide bonds. The highest BCUT2D eigenvalue weighted by Gasteiger charge is 2.21. The van der Waals surface area contributed by atoms with Crippen LogP contribution in [0.5, 0.6) is 5.75 Å². The molecule has 104 valence electrons. The quantitative estimate of drug-likeness (QED) is 0.795. The second-order valence-electron chi connectivity index (χ2n) is 3.85. The summed E-state index contributed by atoms with van der Waals surface area (Å²) in [5.41, 5.74) is 0.334. The van der Waals surface area contributed by atoms with Gasteiger partial charge in [-0.05, 0) is 30.6 Å². The number of carbonyl (C=O) groups is 2. The maximum atomic E-state index is 12.0. The van der Waals surface area contributed by atoms with Gasteiger partial charge in [0.15, 0.2) is 0 Å². The van der Waals surface area contributed by atoms with Gasteiger partial charge in [0.05, 0.1) is 12.7 Å². The SMILES string of the molecule is COc1ccccc1C(=O)N[C@@H](CCSC)C(=O)O. The second-order valence-corrected chi connectivity index (χ2v) is 4.83. The minimum absolute atomic E-state index is 0.334. The molecule has 1 aromatic rings. The lowest BCUT2D eigenvalue weighted by molar-refractivity contribution is -0.139.